The van der Waals surface area contributed by atoms with Crippen LogP contribution in [0.5, 0.6) is 5.75 Å². The summed E-state index contributed by atoms with van der Waals surface area (Å²) < 4.78 is 18.0. The zero-order valence-electron chi connectivity index (χ0n) is 9.02. The maximum atomic E-state index is 5.77. The van der Waals surface area contributed by atoms with E-state index in [1.165, 1.54) is 0 Å². The molecule has 7 heteroatoms. The van der Waals surface area contributed by atoms with E-state index in [1.54, 1.807) is 0 Å². The van der Waals surface area contributed by atoms with E-state index in [0.29, 0.717) is 19.8 Å². The van der Waals surface area contributed by atoms with Gasteiger partial charge in [0.25, 0.3) is 0 Å². The third-order valence-corrected chi connectivity index (χ3v) is 3.56. The zero-order chi connectivity index (χ0) is 11.1. The second kappa shape index (κ2) is 5.16. The van der Waals surface area contributed by atoms with Gasteiger partial charge in [-0.25, -0.2) is 0 Å². The molecule has 2 heterocycles. The van der Waals surface area contributed by atoms with Crippen molar-refractivity contribution in [1.29, 1.82) is 0 Å². The molecule has 0 spiro atoms. The van der Waals surface area contributed by atoms with Crippen LogP contribution in [0.3, 0.4) is 0 Å². The predicted molar refractivity (Wildman–Crippen MR) is 71.1 cm³/mol. The van der Waals surface area contributed by atoms with Crippen molar-refractivity contribution in [3.63, 3.8) is 0 Å². The lowest BCUT2D eigenvalue weighted by Gasteiger charge is -2.13. The normalized spacial score (nSPS) is 21.3. The summed E-state index contributed by atoms with van der Waals surface area (Å²) in [5.74, 6) is 0.844. The van der Waals surface area contributed by atoms with Gasteiger partial charge in [-0.15, -0.1) is 12.4 Å². The van der Waals surface area contributed by atoms with E-state index < -0.39 is 0 Å². The lowest BCUT2D eigenvalue weighted by atomic mass is 9.78. The van der Waals surface area contributed by atoms with E-state index in [1.807, 2.05) is 12.1 Å². The van der Waals surface area contributed by atoms with E-state index in [0.717, 1.165) is 21.2 Å². The molecule has 4 nitrogen and oxygen atoms in total. The Morgan fingerprint density at radius 3 is 3.00 bits per heavy atom. The minimum atomic E-state index is -0.335. The Balaban J connectivity index is 0.00000108. The van der Waals surface area contributed by atoms with Gasteiger partial charge in [0.1, 0.15) is 12.4 Å². The van der Waals surface area contributed by atoms with Crippen LogP contribution in [0.4, 0.5) is 0 Å². The van der Waals surface area contributed by atoms with E-state index in [9.17, 15) is 0 Å². The molecule has 2 aliphatic heterocycles. The van der Waals surface area contributed by atoms with Crippen molar-refractivity contribution < 1.29 is 14.0 Å². The minimum absolute atomic E-state index is 0. The molecule has 0 unspecified atom stereocenters. The summed E-state index contributed by atoms with van der Waals surface area (Å²) in [7, 11) is -0.335. The number of benzene rings is 1. The topological polar surface area (TPSA) is 53.7 Å². The standard InChI is InChI=1S/C10H11BBrNO3.ClH/c12-6-1-2-7-10-9(6)8(5-13)16-11(10)15-4-3-14-7;/h1-2,8H,3-5,13H2;1H/t8-;/m1./s1. The van der Waals surface area contributed by atoms with E-state index in [2.05, 4.69) is 15.9 Å². The van der Waals surface area contributed by atoms with Crippen LogP contribution in [0.25, 0.3) is 0 Å². The third kappa shape index (κ3) is 2.08. The van der Waals surface area contributed by atoms with Gasteiger partial charge in [0.2, 0.25) is 0 Å². The molecule has 1 aromatic rings. The summed E-state index contributed by atoms with van der Waals surface area (Å²) in [4.78, 5) is 0. The number of nitrogens with two attached hydrogens (primary N) is 1. The Kier molecular flexibility index (Phi) is 4.00. The zero-order valence-corrected chi connectivity index (χ0v) is 11.4. The predicted octanol–water partition coefficient (Wildman–Crippen LogP) is 1.01. The second-order valence-corrected chi connectivity index (χ2v) is 4.64. The molecule has 2 aliphatic rings. The van der Waals surface area contributed by atoms with E-state index >= 15 is 0 Å². The first-order valence-corrected chi connectivity index (χ1v) is 6.03. The molecule has 92 valence electrons. The molecule has 1 atom stereocenters. The smallest absolute Gasteiger partial charge is 0.492 e. The van der Waals surface area contributed by atoms with Crippen molar-refractivity contribution in [2.75, 3.05) is 19.8 Å². The van der Waals surface area contributed by atoms with E-state index in [-0.39, 0.29) is 25.6 Å². The Hall–Kier alpha value is -0.265. The number of hydrogen-bond donors (Lipinski definition) is 1. The van der Waals surface area contributed by atoms with Gasteiger partial charge in [-0.1, -0.05) is 15.9 Å². The number of hydrogen-bond acceptors (Lipinski definition) is 4. The highest BCUT2D eigenvalue weighted by atomic mass is 79.9. The van der Waals surface area contributed by atoms with Gasteiger partial charge in [0, 0.05) is 16.5 Å². The summed E-state index contributed by atoms with van der Waals surface area (Å²) in [6.07, 6.45) is -0.115. The lowest BCUT2D eigenvalue weighted by molar-refractivity contribution is 0.147. The van der Waals surface area contributed by atoms with Crippen LogP contribution < -0.4 is 15.9 Å². The Bertz CT molecular complexity index is 434. The maximum Gasteiger partial charge on any atom is 0.498 e. The van der Waals surface area contributed by atoms with Crippen LogP contribution in [-0.4, -0.2) is 26.9 Å². The summed E-state index contributed by atoms with van der Waals surface area (Å²) in [6.45, 7) is 1.53. The molecule has 0 saturated heterocycles. The van der Waals surface area contributed by atoms with Crippen LogP contribution in [0.1, 0.15) is 11.7 Å². The molecule has 3 rings (SSSR count). The first kappa shape index (κ1) is 13.2. The highest BCUT2D eigenvalue weighted by molar-refractivity contribution is 9.10. The first-order valence-electron chi connectivity index (χ1n) is 5.23. The summed E-state index contributed by atoms with van der Waals surface area (Å²) in [6, 6.07) is 3.90. The van der Waals surface area contributed by atoms with Crippen LogP contribution in [0.15, 0.2) is 16.6 Å². The highest BCUT2D eigenvalue weighted by Gasteiger charge is 2.42. The summed E-state index contributed by atoms with van der Waals surface area (Å²) in [5, 5.41) is 0. The quantitative estimate of drug-likeness (QED) is 0.785. The molecule has 0 saturated carbocycles. The van der Waals surface area contributed by atoms with Gasteiger partial charge in [0.05, 0.1) is 12.7 Å². The number of ether oxygens (including phenoxy) is 1. The molecule has 2 N–H and O–H groups in total. The fourth-order valence-electron chi connectivity index (χ4n) is 2.17. The molecule has 0 aromatic heterocycles. The molecular formula is C10H12BBrClNO3. The molecule has 0 amide bonds. The highest BCUT2D eigenvalue weighted by Crippen LogP contribution is 2.34. The molecule has 0 radical (unpaired) electrons. The van der Waals surface area contributed by atoms with Gasteiger partial charge in [-0.2, -0.15) is 0 Å². The maximum absolute atomic E-state index is 5.77. The third-order valence-electron chi connectivity index (χ3n) is 2.86. The van der Waals surface area contributed by atoms with Crippen molar-refractivity contribution in [2.45, 2.75) is 6.10 Å². The van der Waals surface area contributed by atoms with Gasteiger partial charge < -0.3 is 19.8 Å². The number of rotatable bonds is 1. The van der Waals surface area contributed by atoms with Gasteiger partial charge >= 0.3 is 7.12 Å². The average molecular weight is 320 g/mol. The van der Waals surface area contributed by atoms with Crippen LogP contribution in [-0.2, 0) is 9.31 Å². The van der Waals surface area contributed by atoms with Gasteiger partial charge in [0.15, 0.2) is 0 Å². The Morgan fingerprint density at radius 2 is 2.24 bits per heavy atom. The monoisotopic (exact) mass is 319 g/mol. The van der Waals surface area contributed by atoms with Crippen LogP contribution >= 0.6 is 28.3 Å². The average Bonchev–Trinajstić information content (AvgIpc) is 2.55. The fraction of sp³-hybridized carbons (Fsp3) is 0.400. The molecule has 0 fully saturated rings. The number of halogens is 2. The Morgan fingerprint density at radius 1 is 1.41 bits per heavy atom. The Labute approximate surface area is 114 Å². The minimum Gasteiger partial charge on any atom is -0.492 e. The van der Waals surface area contributed by atoms with Gasteiger partial charge in [-0.05, 0) is 17.7 Å². The molecule has 1 aromatic carbocycles. The lowest BCUT2D eigenvalue weighted by Crippen LogP contribution is -2.31. The van der Waals surface area contributed by atoms with Crippen molar-refractivity contribution in [1.82, 2.24) is 0 Å². The molecule has 0 aliphatic carbocycles. The molecule has 17 heavy (non-hydrogen) atoms. The first-order chi connectivity index (χ1) is 7.81. The van der Waals surface area contributed by atoms with Crippen molar-refractivity contribution in [3.8, 4) is 5.75 Å². The van der Waals surface area contributed by atoms with Crippen molar-refractivity contribution >= 4 is 40.9 Å². The van der Waals surface area contributed by atoms with Crippen molar-refractivity contribution in [2.24, 2.45) is 5.73 Å². The SMILES string of the molecule is Cl.NC[C@H]1OB2OCCOc3ccc(Br)c1c32. The molecule has 0 bridgehead atoms. The van der Waals surface area contributed by atoms with Gasteiger partial charge in [-0.3, -0.25) is 0 Å². The summed E-state index contributed by atoms with van der Waals surface area (Å²) >= 11 is 3.52. The van der Waals surface area contributed by atoms with Crippen molar-refractivity contribution in [3.05, 3.63) is 22.2 Å². The van der Waals surface area contributed by atoms with Crippen LogP contribution in [0, 0.1) is 0 Å². The molecular weight excluding hydrogens is 308 g/mol. The summed E-state index contributed by atoms with van der Waals surface area (Å²) in [5.41, 5.74) is 7.75. The fourth-order valence-corrected chi connectivity index (χ4v) is 2.78. The second-order valence-electron chi connectivity index (χ2n) is 3.78. The van der Waals surface area contributed by atoms with Crippen LogP contribution in [0.2, 0.25) is 0 Å². The van der Waals surface area contributed by atoms with E-state index in [4.69, 9.17) is 19.8 Å². The largest absolute Gasteiger partial charge is 0.498 e.